The number of amidine groups is 1. The number of nitrogens with zero attached hydrogens (tertiary/aromatic N) is 2. The van der Waals surface area contributed by atoms with Crippen LogP contribution >= 0.6 is 11.8 Å². The maximum Gasteiger partial charge on any atom is 0.156 e. The number of hydrogen-bond donors (Lipinski definition) is 1. The Bertz CT molecular complexity index is 359. The second-order valence-electron chi connectivity index (χ2n) is 7.10. The number of likely N-dealkylation sites (N-methyl/N-ethyl adjacent to an activating group) is 1. The highest BCUT2D eigenvalue weighted by molar-refractivity contribution is 8.13. The second kappa shape index (κ2) is 6.27. The zero-order chi connectivity index (χ0) is 14.0. The number of nitrogens with one attached hydrogen (secondary N) is 1. The van der Waals surface area contributed by atoms with Crippen molar-refractivity contribution in [3.8, 4) is 0 Å². The van der Waals surface area contributed by atoms with Gasteiger partial charge in [-0.25, -0.2) is 0 Å². The fourth-order valence-corrected chi connectivity index (χ4v) is 4.65. The Hall–Kier alpha value is -0.220. The predicted octanol–water partition coefficient (Wildman–Crippen LogP) is 3.11. The molecule has 0 bridgehead atoms. The van der Waals surface area contributed by atoms with Gasteiger partial charge in [0.05, 0.1) is 0 Å². The van der Waals surface area contributed by atoms with Crippen molar-refractivity contribution in [3.63, 3.8) is 0 Å². The highest BCUT2D eigenvalue weighted by Crippen LogP contribution is 2.41. The zero-order valence-corrected chi connectivity index (χ0v) is 13.8. The van der Waals surface area contributed by atoms with Crippen molar-refractivity contribution in [2.24, 2.45) is 10.4 Å². The van der Waals surface area contributed by atoms with E-state index in [2.05, 4.69) is 24.2 Å². The Morgan fingerprint density at radius 2 is 2.10 bits per heavy atom. The second-order valence-corrected chi connectivity index (χ2v) is 8.06. The van der Waals surface area contributed by atoms with Gasteiger partial charge < -0.3 is 5.32 Å². The highest BCUT2D eigenvalue weighted by Gasteiger charge is 2.35. The summed E-state index contributed by atoms with van der Waals surface area (Å²) in [4.78, 5) is 7.37. The third-order valence-electron chi connectivity index (χ3n) is 5.35. The van der Waals surface area contributed by atoms with Crippen LogP contribution in [0.5, 0.6) is 0 Å². The quantitative estimate of drug-likeness (QED) is 0.863. The van der Waals surface area contributed by atoms with Crippen LogP contribution in [0.15, 0.2) is 4.99 Å². The minimum atomic E-state index is 0.546. The summed E-state index contributed by atoms with van der Waals surface area (Å²) in [6.07, 6.45) is 9.85. The third kappa shape index (κ3) is 3.51. The van der Waals surface area contributed by atoms with Crippen molar-refractivity contribution in [2.75, 3.05) is 25.9 Å². The van der Waals surface area contributed by atoms with Gasteiger partial charge in [-0.2, -0.15) is 0 Å². The zero-order valence-electron chi connectivity index (χ0n) is 13.0. The third-order valence-corrected chi connectivity index (χ3v) is 6.66. The van der Waals surface area contributed by atoms with E-state index in [1.54, 1.807) is 0 Å². The Morgan fingerprint density at radius 3 is 2.70 bits per heavy atom. The van der Waals surface area contributed by atoms with Crippen LogP contribution in [0.2, 0.25) is 0 Å². The van der Waals surface area contributed by atoms with E-state index in [-0.39, 0.29) is 0 Å². The van der Waals surface area contributed by atoms with Crippen molar-refractivity contribution in [3.05, 3.63) is 0 Å². The lowest BCUT2D eigenvalue weighted by Crippen LogP contribution is -2.42. The largest absolute Gasteiger partial charge is 0.363 e. The molecule has 2 fully saturated rings. The fraction of sp³-hybridized carbons (Fsp3) is 0.938. The van der Waals surface area contributed by atoms with Gasteiger partial charge in [0.25, 0.3) is 0 Å². The molecule has 3 rings (SSSR count). The molecule has 0 amide bonds. The van der Waals surface area contributed by atoms with Gasteiger partial charge in [0.15, 0.2) is 5.17 Å². The Balaban J connectivity index is 1.44. The molecule has 1 aliphatic heterocycles. The topological polar surface area (TPSA) is 27.6 Å². The Labute approximate surface area is 128 Å². The molecule has 114 valence electrons. The molecule has 3 nitrogen and oxygen atoms in total. The molecule has 1 N–H and O–H groups in total. The van der Waals surface area contributed by atoms with E-state index in [0.29, 0.717) is 11.5 Å². The summed E-state index contributed by atoms with van der Waals surface area (Å²) in [5.41, 5.74) is 0.546. The molecule has 0 aromatic rings. The minimum absolute atomic E-state index is 0.546. The van der Waals surface area contributed by atoms with E-state index >= 15 is 0 Å². The van der Waals surface area contributed by atoms with Gasteiger partial charge in [0.2, 0.25) is 0 Å². The fourth-order valence-electron chi connectivity index (χ4n) is 3.48. The van der Waals surface area contributed by atoms with Crippen LogP contribution in [0.1, 0.15) is 51.9 Å². The lowest BCUT2D eigenvalue weighted by molar-refractivity contribution is 0.231. The molecular formula is C16H29N3S. The summed E-state index contributed by atoms with van der Waals surface area (Å²) in [5.74, 6) is 1.28. The molecule has 1 spiro atoms. The number of aliphatic imine (C=N–C) groups is 1. The summed E-state index contributed by atoms with van der Waals surface area (Å²) in [5, 5.41) is 4.77. The first kappa shape index (κ1) is 14.7. The van der Waals surface area contributed by atoms with E-state index in [9.17, 15) is 0 Å². The number of thioether (sulfide) groups is 1. The standard InChI is InChI=1S/C16H29N3S/c1-13(19(2)14-6-7-14)10-17-15-18-11-16(12-20-15)8-4-3-5-9-16/h13-14H,3-12H2,1-2H3,(H,17,18). The van der Waals surface area contributed by atoms with Crippen molar-refractivity contribution in [2.45, 2.75) is 64.0 Å². The van der Waals surface area contributed by atoms with Crippen molar-refractivity contribution in [1.29, 1.82) is 0 Å². The van der Waals surface area contributed by atoms with Gasteiger partial charge in [0.1, 0.15) is 0 Å². The molecule has 0 radical (unpaired) electrons. The average molecular weight is 295 g/mol. The van der Waals surface area contributed by atoms with Crippen LogP contribution in [-0.2, 0) is 0 Å². The molecule has 1 atom stereocenters. The van der Waals surface area contributed by atoms with Crippen molar-refractivity contribution >= 4 is 16.9 Å². The first-order valence-corrected chi connectivity index (χ1v) is 9.30. The molecule has 2 aliphatic carbocycles. The van der Waals surface area contributed by atoms with E-state index in [0.717, 1.165) is 19.1 Å². The van der Waals surface area contributed by atoms with E-state index in [1.807, 2.05) is 11.8 Å². The van der Waals surface area contributed by atoms with E-state index in [4.69, 9.17) is 4.99 Å². The van der Waals surface area contributed by atoms with Gasteiger partial charge in [-0.15, -0.1) is 0 Å². The lowest BCUT2D eigenvalue weighted by Gasteiger charge is -2.38. The first-order valence-electron chi connectivity index (χ1n) is 8.32. The minimum Gasteiger partial charge on any atom is -0.363 e. The summed E-state index contributed by atoms with van der Waals surface area (Å²) in [6.45, 7) is 4.42. The van der Waals surface area contributed by atoms with Crippen LogP contribution in [-0.4, -0.2) is 48.0 Å². The summed E-state index contributed by atoms with van der Waals surface area (Å²) >= 11 is 1.97. The molecular weight excluding hydrogens is 266 g/mol. The van der Waals surface area contributed by atoms with E-state index in [1.165, 1.54) is 55.9 Å². The van der Waals surface area contributed by atoms with Crippen LogP contribution in [0, 0.1) is 5.41 Å². The maximum atomic E-state index is 4.85. The molecule has 0 aromatic heterocycles. The SMILES string of the molecule is CC(CNC1=NCC2(CCCCC2)CS1)N(C)C1CC1. The maximum absolute atomic E-state index is 4.85. The molecule has 0 saturated heterocycles. The Kier molecular flexibility index (Phi) is 4.61. The van der Waals surface area contributed by atoms with Crippen molar-refractivity contribution < 1.29 is 0 Å². The van der Waals surface area contributed by atoms with Crippen LogP contribution in [0.25, 0.3) is 0 Å². The molecule has 0 aromatic carbocycles. The molecule has 1 heterocycles. The molecule has 1 unspecified atom stereocenters. The van der Waals surface area contributed by atoms with Crippen molar-refractivity contribution in [1.82, 2.24) is 10.2 Å². The summed E-state index contributed by atoms with van der Waals surface area (Å²) < 4.78 is 0. The molecule has 3 aliphatic rings. The van der Waals surface area contributed by atoms with Crippen LogP contribution in [0.4, 0.5) is 0 Å². The highest BCUT2D eigenvalue weighted by atomic mass is 32.2. The number of rotatable bonds is 4. The summed E-state index contributed by atoms with van der Waals surface area (Å²) in [7, 11) is 2.26. The molecule has 4 heteroatoms. The summed E-state index contributed by atoms with van der Waals surface area (Å²) in [6, 6.07) is 1.45. The number of hydrogen-bond acceptors (Lipinski definition) is 4. The normalized spacial score (nSPS) is 27.4. The van der Waals surface area contributed by atoms with Gasteiger partial charge in [0, 0.05) is 30.9 Å². The molecule has 20 heavy (non-hydrogen) atoms. The lowest BCUT2D eigenvalue weighted by atomic mass is 9.75. The Morgan fingerprint density at radius 1 is 1.35 bits per heavy atom. The van der Waals surface area contributed by atoms with Crippen LogP contribution < -0.4 is 5.32 Å². The predicted molar refractivity (Wildman–Crippen MR) is 88.5 cm³/mol. The monoisotopic (exact) mass is 295 g/mol. The van der Waals surface area contributed by atoms with Gasteiger partial charge in [-0.3, -0.25) is 9.89 Å². The van der Waals surface area contributed by atoms with Gasteiger partial charge >= 0.3 is 0 Å². The van der Waals surface area contributed by atoms with Gasteiger partial charge in [-0.1, -0.05) is 31.0 Å². The smallest absolute Gasteiger partial charge is 0.156 e. The van der Waals surface area contributed by atoms with Crippen LogP contribution in [0.3, 0.4) is 0 Å². The van der Waals surface area contributed by atoms with E-state index < -0.39 is 0 Å². The first-order chi connectivity index (χ1) is 9.69. The van der Waals surface area contributed by atoms with Gasteiger partial charge in [-0.05, 0) is 45.1 Å². The average Bonchev–Trinajstić information content (AvgIpc) is 3.31. The molecule has 2 saturated carbocycles.